The number of carbonyl (C=O) groups excluding carboxylic acids is 1. The zero-order chi connectivity index (χ0) is 6.41. The van der Waals surface area contributed by atoms with Crippen LogP contribution in [0.3, 0.4) is 0 Å². The SMILES string of the molecule is CCNNC(=O)N=N. The molecule has 0 aromatic heterocycles. The van der Waals surface area contributed by atoms with Crippen molar-refractivity contribution in [2.24, 2.45) is 5.11 Å². The Hall–Kier alpha value is -0.970. The van der Waals surface area contributed by atoms with E-state index in [2.05, 4.69) is 16.0 Å². The molecular formula is C3H8N4O. The molecule has 0 spiro atoms. The van der Waals surface area contributed by atoms with E-state index in [1.165, 1.54) is 0 Å². The summed E-state index contributed by atoms with van der Waals surface area (Å²) < 4.78 is 0. The molecule has 0 aliphatic carbocycles. The lowest BCUT2D eigenvalue weighted by atomic mass is 10.8. The summed E-state index contributed by atoms with van der Waals surface area (Å²) in [5.41, 5.74) is 10.8. The molecule has 8 heavy (non-hydrogen) atoms. The Morgan fingerprint density at radius 3 is 2.88 bits per heavy atom. The molecule has 0 heterocycles. The van der Waals surface area contributed by atoms with E-state index in [0.717, 1.165) is 0 Å². The van der Waals surface area contributed by atoms with Crippen LogP contribution < -0.4 is 10.9 Å². The topological polar surface area (TPSA) is 77.3 Å². The van der Waals surface area contributed by atoms with Crippen LogP contribution in [0.2, 0.25) is 0 Å². The average molecular weight is 116 g/mol. The third-order valence-corrected chi connectivity index (χ3v) is 0.474. The van der Waals surface area contributed by atoms with Crippen molar-refractivity contribution in [1.29, 1.82) is 5.53 Å². The summed E-state index contributed by atoms with van der Waals surface area (Å²) in [6.45, 7) is 2.45. The van der Waals surface area contributed by atoms with Gasteiger partial charge >= 0.3 is 6.03 Å². The number of nitrogens with zero attached hydrogens (tertiary/aromatic N) is 1. The van der Waals surface area contributed by atoms with Crippen molar-refractivity contribution in [3.8, 4) is 0 Å². The van der Waals surface area contributed by atoms with Gasteiger partial charge in [0.05, 0.1) is 0 Å². The minimum Gasteiger partial charge on any atom is -0.270 e. The zero-order valence-corrected chi connectivity index (χ0v) is 4.56. The molecule has 0 rings (SSSR count). The maximum absolute atomic E-state index is 10.0. The van der Waals surface area contributed by atoms with Crippen molar-refractivity contribution in [2.45, 2.75) is 6.92 Å². The van der Waals surface area contributed by atoms with E-state index >= 15 is 0 Å². The second kappa shape index (κ2) is 4.20. The molecule has 0 aromatic rings. The van der Waals surface area contributed by atoms with E-state index < -0.39 is 6.03 Å². The van der Waals surface area contributed by atoms with Crippen molar-refractivity contribution in [2.75, 3.05) is 6.54 Å². The number of rotatable bonds is 2. The van der Waals surface area contributed by atoms with Crippen molar-refractivity contribution in [3.05, 3.63) is 0 Å². The van der Waals surface area contributed by atoms with Gasteiger partial charge in [-0.3, -0.25) is 5.43 Å². The molecule has 5 heteroatoms. The van der Waals surface area contributed by atoms with Gasteiger partial charge in [-0.15, -0.1) is 0 Å². The summed E-state index contributed by atoms with van der Waals surface area (Å²) in [5.74, 6) is 0. The van der Waals surface area contributed by atoms with E-state index in [1.807, 2.05) is 6.92 Å². The molecule has 0 unspecified atom stereocenters. The second-order valence-corrected chi connectivity index (χ2v) is 1.07. The van der Waals surface area contributed by atoms with Crippen LogP contribution in [0.1, 0.15) is 6.92 Å². The first-order valence-corrected chi connectivity index (χ1v) is 2.21. The number of nitrogens with one attached hydrogen (secondary N) is 3. The van der Waals surface area contributed by atoms with Crippen LogP contribution in [0.5, 0.6) is 0 Å². The monoisotopic (exact) mass is 116 g/mol. The number of hydrazine groups is 1. The lowest BCUT2D eigenvalue weighted by Gasteiger charge is -1.95. The van der Waals surface area contributed by atoms with Crippen LogP contribution in [0, 0.1) is 5.53 Å². The van der Waals surface area contributed by atoms with Gasteiger partial charge in [0.25, 0.3) is 0 Å². The standard InChI is InChI=1S/C3H8N4O/c1-2-5-7-3(8)6-4/h4-5H,2H2,1H3,(H,7,8). The first kappa shape index (κ1) is 7.03. The summed E-state index contributed by atoms with van der Waals surface area (Å²) in [6, 6.07) is -0.674. The van der Waals surface area contributed by atoms with Gasteiger partial charge in [-0.05, 0) is 0 Å². The highest BCUT2D eigenvalue weighted by Gasteiger charge is 1.89. The van der Waals surface area contributed by atoms with E-state index in [1.54, 1.807) is 0 Å². The maximum atomic E-state index is 10.0. The molecule has 0 saturated heterocycles. The van der Waals surface area contributed by atoms with Crippen LogP contribution in [-0.4, -0.2) is 12.6 Å². The van der Waals surface area contributed by atoms with Crippen molar-refractivity contribution in [1.82, 2.24) is 10.9 Å². The molecule has 0 atom stereocenters. The number of amides is 2. The molecule has 0 fully saturated rings. The Bertz CT molecular complexity index is 91.3. The van der Waals surface area contributed by atoms with Gasteiger partial charge in [-0.25, -0.2) is 10.2 Å². The fourth-order valence-corrected chi connectivity index (χ4v) is 0.192. The van der Waals surface area contributed by atoms with Crippen LogP contribution in [0.4, 0.5) is 4.79 Å². The molecule has 0 aliphatic heterocycles. The van der Waals surface area contributed by atoms with Crippen molar-refractivity contribution < 1.29 is 4.79 Å². The van der Waals surface area contributed by atoms with E-state index in [4.69, 9.17) is 5.53 Å². The van der Waals surface area contributed by atoms with Gasteiger partial charge in [0.15, 0.2) is 0 Å². The summed E-state index contributed by atoms with van der Waals surface area (Å²) in [5, 5.41) is 2.56. The lowest BCUT2D eigenvalue weighted by Crippen LogP contribution is -2.34. The first-order chi connectivity index (χ1) is 3.81. The second-order valence-electron chi connectivity index (χ2n) is 1.07. The number of hydrogen-bond acceptors (Lipinski definition) is 3. The Kier molecular flexibility index (Phi) is 3.69. The lowest BCUT2D eigenvalue weighted by molar-refractivity contribution is 0.243. The van der Waals surface area contributed by atoms with Crippen LogP contribution in [0.15, 0.2) is 5.11 Å². The predicted octanol–water partition coefficient (Wildman–Crippen LogP) is 0.251. The third kappa shape index (κ3) is 3.23. The van der Waals surface area contributed by atoms with Crippen molar-refractivity contribution in [3.63, 3.8) is 0 Å². The van der Waals surface area contributed by atoms with Gasteiger partial charge in [0.2, 0.25) is 0 Å². The van der Waals surface area contributed by atoms with Gasteiger partial charge in [-0.1, -0.05) is 12.0 Å². The first-order valence-electron chi connectivity index (χ1n) is 2.21. The van der Waals surface area contributed by atoms with Gasteiger partial charge < -0.3 is 0 Å². The minimum absolute atomic E-state index is 0.626. The summed E-state index contributed by atoms with van der Waals surface area (Å²) in [6.07, 6.45) is 0. The van der Waals surface area contributed by atoms with E-state index in [9.17, 15) is 4.79 Å². The highest BCUT2D eigenvalue weighted by molar-refractivity contribution is 5.73. The largest absolute Gasteiger partial charge is 0.373 e. The minimum atomic E-state index is -0.674. The highest BCUT2D eigenvalue weighted by atomic mass is 16.2. The molecule has 5 nitrogen and oxygen atoms in total. The molecule has 46 valence electrons. The Balaban J connectivity index is 3.11. The molecule has 0 aromatic carbocycles. The van der Waals surface area contributed by atoms with Gasteiger partial charge in [0, 0.05) is 6.54 Å². The average Bonchev–Trinajstić information content (AvgIpc) is 1.83. The number of hydrogen-bond donors (Lipinski definition) is 3. The molecular weight excluding hydrogens is 108 g/mol. The van der Waals surface area contributed by atoms with Crippen LogP contribution in [-0.2, 0) is 0 Å². The maximum Gasteiger partial charge on any atom is 0.373 e. The van der Waals surface area contributed by atoms with Gasteiger partial charge in [-0.2, -0.15) is 5.53 Å². The van der Waals surface area contributed by atoms with Crippen molar-refractivity contribution >= 4 is 6.03 Å². The normalized spacial score (nSPS) is 8.12. The molecule has 2 amide bonds. The Morgan fingerprint density at radius 2 is 2.50 bits per heavy atom. The zero-order valence-electron chi connectivity index (χ0n) is 4.56. The van der Waals surface area contributed by atoms with Gasteiger partial charge in [0.1, 0.15) is 0 Å². The summed E-state index contributed by atoms with van der Waals surface area (Å²) in [4.78, 5) is 10.0. The predicted molar refractivity (Wildman–Crippen MR) is 27.4 cm³/mol. The van der Waals surface area contributed by atoms with E-state index in [-0.39, 0.29) is 0 Å². The third-order valence-electron chi connectivity index (χ3n) is 0.474. The Morgan fingerprint density at radius 1 is 1.88 bits per heavy atom. The molecule has 0 radical (unpaired) electrons. The fraction of sp³-hybridized carbons (Fsp3) is 0.667. The van der Waals surface area contributed by atoms with E-state index in [0.29, 0.717) is 6.54 Å². The highest BCUT2D eigenvalue weighted by Crippen LogP contribution is 1.64. The fourth-order valence-electron chi connectivity index (χ4n) is 0.192. The molecule has 3 N–H and O–H groups in total. The summed E-state index contributed by atoms with van der Waals surface area (Å²) >= 11 is 0. The molecule has 0 aliphatic rings. The van der Waals surface area contributed by atoms with Crippen LogP contribution >= 0.6 is 0 Å². The number of carbonyl (C=O) groups is 1. The number of urea groups is 1. The Labute approximate surface area is 46.9 Å². The molecule has 0 bridgehead atoms. The quantitative estimate of drug-likeness (QED) is 0.357. The summed E-state index contributed by atoms with van der Waals surface area (Å²) in [7, 11) is 0. The molecule has 0 saturated carbocycles. The van der Waals surface area contributed by atoms with Crippen LogP contribution in [0.25, 0.3) is 0 Å². The smallest absolute Gasteiger partial charge is 0.270 e.